The number of nitrogens with zero attached hydrogens (tertiary/aromatic N) is 1. The number of aryl methyl sites for hydroxylation is 1. The smallest absolute Gasteiger partial charge is 0.262 e. The lowest BCUT2D eigenvalue weighted by atomic mass is 9.98. The van der Waals surface area contributed by atoms with Crippen molar-refractivity contribution in [1.82, 2.24) is 0 Å². The van der Waals surface area contributed by atoms with Crippen molar-refractivity contribution >= 4 is 11.6 Å². The average Bonchev–Trinajstić information content (AvgIpc) is 2.60. The molecule has 4 heteroatoms. The molecular weight excluding hydrogens is 276 g/mol. The lowest BCUT2D eigenvalue weighted by Crippen LogP contribution is -2.35. The van der Waals surface area contributed by atoms with Gasteiger partial charge in [0.05, 0.1) is 12.7 Å². The van der Waals surface area contributed by atoms with Crippen LogP contribution < -0.4 is 15.4 Å². The maximum Gasteiger partial charge on any atom is 0.262 e. The molecule has 22 heavy (non-hydrogen) atoms. The molecule has 0 bridgehead atoms. The minimum absolute atomic E-state index is 0.0149. The number of carbonyl (C=O) groups excluding carboxylic acids is 1. The lowest BCUT2D eigenvalue weighted by Gasteiger charge is -2.30. The van der Waals surface area contributed by atoms with Gasteiger partial charge in [-0.3, -0.25) is 4.79 Å². The zero-order valence-corrected chi connectivity index (χ0v) is 12.7. The summed E-state index contributed by atoms with van der Waals surface area (Å²) in [5.74, 6) is 0.595. The van der Waals surface area contributed by atoms with E-state index in [1.807, 2.05) is 41.3 Å². The highest BCUT2D eigenvalue weighted by Gasteiger charge is 2.25. The summed E-state index contributed by atoms with van der Waals surface area (Å²) < 4.78 is 5.32. The summed E-state index contributed by atoms with van der Waals surface area (Å²) in [4.78, 5) is 14.8. The standard InChI is InChI=1S/C18H20N2O2/c1-22-17-7-3-2-6-15(17)18(21)20-10-4-5-14-11-13(12-19)8-9-16(14)20/h2-3,6-9,11H,4-5,10,12,19H2,1H3. The Morgan fingerprint density at radius 2 is 2.09 bits per heavy atom. The molecule has 2 N–H and O–H groups in total. The van der Waals surface area contributed by atoms with Crippen LogP contribution in [-0.4, -0.2) is 19.6 Å². The fourth-order valence-electron chi connectivity index (χ4n) is 2.96. The maximum atomic E-state index is 12.9. The van der Waals surface area contributed by atoms with Crippen LogP contribution in [0.3, 0.4) is 0 Å². The summed E-state index contributed by atoms with van der Waals surface area (Å²) >= 11 is 0. The van der Waals surface area contributed by atoms with E-state index in [9.17, 15) is 4.79 Å². The minimum Gasteiger partial charge on any atom is -0.496 e. The van der Waals surface area contributed by atoms with Crippen molar-refractivity contribution in [3.63, 3.8) is 0 Å². The predicted molar refractivity (Wildman–Crippen MR) is 87.3 cm³/mol. The number of ether oxygens (including phenoxy) is 1. The quantitative estimate of drug-likeness (QED) is 0.947. The largest absolute Gasteiger partial charge is 0.496 e. The Bertz CT molecular complexity index is 697. The van der Waals surface area contributed by atoms with Gasteiger partial charge in [-0.25, -0.2) is 0 Å². The molecule has 2 aromatic rings. The monoisotopic (exact) mass is 296 g/mol. The van der Waals surface area contributed by atoms with Gasteiger partial charge in [0.25, 0.3) is 5.91 Å². The second-order valence-corrected chi connectivity index (χ2v) is 5.43. The van der Waals surface area contributed by atoms with Crippen molar-refractivity contribution in [2.75, 3.05) is 18.6 Å². The number of para-hydroxylation sites is 1. The Morgan fingerprint density at radius 1 is 1.27 bits per heavy atom. The number of hydrogen-bond donors (Lipinski definition) is 1. The highest BCUT2D eigenvalue weighted by atomic mass is 16.5. The van der Waals surface area contributed by atoms with Crippen LogP contribution in [0.4, 0.5) is 5.69 Å². The van der Waals surface area contributed by atoms with E-state index in [4.69, 9.17) is 10.5 Å². The van der Waals surface area contributed by atoms with Gasteiger partial charge in [0.15, 0.2) is 0 Å². The molecule has 0 aromatic heterocycles. The van der Waals surface area contributed by atoms with Crippen LogP contribution in [0.5, 0.6) is 5.75 Å². The minimum atomic E-state index is -0.0149. The highest BCUT2D eigenvalue weighted by molar-refractivity contribution is 6.08. The number of benzene rings is 2. The number of hydrogen-bond acceptors (Lipinski definition) is 3. The van der Waals surface area contributed by atoms with Crippen molar-refractivity contribution in [1.29, 1.82) is 0 Å². The van der Waals surface area contributed by atoms with E-state index >= 15 is 0 Å². The van der Waals surface area contributed by atoms with Gasteiger partial charge in [-0.05, 0) is 42.2 Å². The van der Waals surface area contributed by atoms with Crippen molar-refractivity contribution in [3.8, 4) is 5.75 Å². The van der Waals surface area contributed by atoms with Crippen molar-refractivity contribution in [2.24, 2.45) is 5.73 Å². The zero-order chi connectivity index (χ0) is 15.5. The van der Waals surface area contributed by atoms with E-state index in [-0.39, 0.29) is 5.91 Å². The van der Waals surface area contributed by atoms with Crippen LogP contribution in [0.2, 0.25) is 0 Å². The molecule has 1 amide bonds. The summed E-state index contributed by atoms with van der Waals surface area (Å²) in [5, 5.41) is 0. The van der Waals surface area contributed by atoms with E-state index < -0.39 is 0 Å². The second-order valence-electron chi connectivity index (χ2n) is 5.43. The van der Waals surface area contributed by atoms with Gasteiger partial charge < -0.3 is 15.4 Å². The second kappa shape index (κ2) is 6.20. The molecule has 0 aliphatic carbocycles. The highest BCUT2D eigenvalue weighted by Crippen LogP contribution is 2.31. The zero-order valence-electron chi connectivity index (χ0n) is 12.7. The molecule has 1 aliphatic rings. The third-order valence-electron chi connectivity index (χ3n) is 4.08. The van der Waals surface area contributed by atoms with Crippen molar-refractivity contribution in [3.05, 3.63) is 59.2 Å². The van der Waals surface area contributed by atoms with Gasteiger partial charge in [-0.2, -0.15) is 0 Å². The Morgan fingerprint density at radius 3 is 2.86 bits per heavy atom. The first-order chi connectivity index (χ1) is 10.7. The van der Waals surface area contributed by atoms with E-state index in [1.54, 1.807) is 7.11 Å². The van der Waals surface area contributed by atoms with Crippen molar-refractivity contribution < 1.29 is 9.53 Å². The Labute approximate surface area is 130 Å². The Kier molecular flexibility index (Phi) is 4.11. The summed E-state index contributed by atoms with van der Waals surface area (Å²) in [6.45, 7) is 1.25. The first-order valence-electron chi connectivity index (χ1n) is 7.51. The fourth-order valence-corrected chi connectivity index (χ4v) is 2.96. The topological polar surface area (TPSA) is 55.6 Å². The van der Waals surface area contributed by atoms with Crippen LogP contribution in [0, 0.1) is 0 Å². The molecule has 4 nitrogen and oxygen atoms in total. The van der Waals surface area contributed by atoms with Gasteiger partial charge >= 0.3 is 0 Å². The summed E-state index contributed by atoms with van der Waals surface area (Å²) in [5.41, 5.74) is 9.59. The number of anilines is 1. The first kappa shape index (κ1) is 14.6. The van der Waals surface area contributed by atoms with Crippen LogP contribution in [0.25, 0.3) is 0 Å². The summed E-state index contributed by atoms with van der Waals surface area (Å²) in [7, 11) is 1.59. The van der Waals surface area contributed by atoms with Crippen LogP contribution in [0.1, 0.15) is 27.9 Å². The Hall–Kier alpha value is -2.33. The summed E-state index contributed by atoms with van der Waals surface area (Å²) in [6.07, 6.45) is 1.95. The van der Waals surface area contributed by atoms with Gasteiger partial charge in [0.1, 0.15) is 5.75 Å². The molecule has 0 atom stereocenters. The normalized spacial score (nSPS) is 13.6. The molecule has 0 saturated carbocycles. The molecule has 0 saturated heterocycles. The van der Waals surface area contributed by atoms with E-state index in [2.05, 4.69) is 6.07 Å². The van der Waals surface area contributed by atoms with E-state index in [0.717, 1.165) is 30.6 Å². The molecule has 1 aliphatic heterocycles. The molecule has 3 rings (SSSR count). The molecular formula is C18H20N2O2. The third kappa shape index (κ3) is 2.57. The molecule has 0 spiro atoms. The first-order valence-corrected chi connectivity index (χ1v) is 7.51. The van der Waals surface area contributed by atoms with Gasteiger partial charge in [0.2, 0.25) is 0 Å². The van der Waals surface area contributed by atoms with Gasteiger partial charge in [-0.15, -0.1) is 0 Å². The number of nitrogens with two attached hydrogens (primary N) is 1. The maximum absolute atomic E-state index is 12.9. The molecule has 114 valence electrons. The van der Waals surface area contributed by atoms with E-state index in [0.29, 0.717) is 17.9 Å². The SMILES string of the molecule is COc1ccccc1C(=O)N1CCCc2cc(CN)ccc21. The number of carbonyl (C=O) groups is 1. The van der Waals surface area contributed by atoms with Gasteiger partial charge in [-0.1, -0.05) is 24.3 Å². The molecule has 0 unspecified atom stereocenters. The number of methoxy groups -OCH3 is 1. The Balaban J connectivity index is 1.98. The van der Waals surface area contributed by atoms with Crippen LogP contribution in [0.15, 0.2) is 42.5 Å². The van der Waals surface area contributed by atoms with Gasteiger partial charge in [0, 0.05) is 18.8 Å². The number of rotatable bonds is 3. The fraction of sp³-hybridized carbons (Fsp3) is 0.278. The molecule has 0 radical (unpaired) electrons. The summed E-state index contributed by atoms with van der Waals surface area (Å²) in [6, 6.07) is 13.5. The predicted octanol–water partition coefficient (Wildman–Crippen LogP) is 2.75. The lowest BCUT2D eigenvalue weighted by molar-refractivity contribution is 0.0982. The molecule has 1 heterocycles. The molecule has 2 aromatic carbocycles. The number of fused-ring (bicyclic) bond motifs is 1. The van der Waals surface area contributed by atoms with Crippen LogP contribution >= 0.6 is 0 Å². The van der Waals surface area contributed by atoms with E-state index in [1.165, 1.54) is 5.56 Å². The average molecular weight is 296 g/mol. The van der Waals surface area contributed by atoms with Crippen LogP contribution in [-0.2, 0) is 13.0 Å². The third-order valence-corrected chi connectivity index (χ3v) is 4.08. The number of amides is 1. The molecule has 0 fully saturated rings. The van der Waals surface area contributed by atoms with Crippen molar-refractivity contribution in [2.45, 2.75) is 19.4 Å².